The van der Waals surface area contributed by atoms with Crippen LogP contribution in [0.4, 0.5) is 0 Å². The first-order valence-electron chi connectivity index (χ1n) is 6.58. The zero-order valence-corrected chi connectivity index (χ0v) is 13.5. The van der Waals surface area contributed by atoms with Crippen LogP contribution in [0.25, 0.3) is 0 Å². The summed E-state index contributed by atoms with van der Waals surface area (Å²) in [6, 6.07) is 8.19. The van der Waals surface area contributed by atoms with Crippen molar-refractivity contribution in [3.63, 3.8) is 0 Å². The van der Waals surface area contributed by atoms with Gasteiger partial charge in [-0.15, -0.1) is 0 Å². The fourth-order valence-corrected chi connectivity index (χ4v) is 2.20. The standard InChI is InChI=1S/C15H23BrN2O/c1-11(9-17)7-14(19)18-10-15(2,3)12-5-4-6-13(16)8-12/h4-6,8,11H,7,9-10,17H2,1-3H3,(H,18,19). The Balaban J connectivity index is 2.58. The molecule has 4 heteroatoms. The number of halogens is 1. The molecule has 106 valence electrons. The summed E-state index contributed by atoms with van der Waals surface area (Å²) in [6.07, 6.45) is 0.491. The highest BCUT2D eigenvalue weighted by Crippen LogP contribution is 2.25. The van der Waals surface area contributed by atoms with Crippen molar-refractivity contribution in [2.45, 2.75) is 32.6 Å². The van der Waals surface area contributed by atoms with Crippen LogP contribution in [0.15, 0.2) is 28.7 Å². The van der Waals surface area contributed by atoms with Crippen molar-refractivity contribution < 1.29 is 4.79 Å². The largest absolute Gasteiger partial charge is 0.355 e. The molecule has 0 heterocycles. The first kappa shape index (κ1) is 16.2. The van der Waals surface area contributed by atoms with Crippen LogP contribution >= 0.6 is 15.9 Å². The second-order valence-corrected chi connectivity index (χ2v) is 6.63. The summed E-state index contributed by atoms with van der Waals surface area (Å²) in [5, 5.41) is 3.00. The van der Waals surface area contributed by atoms with Gasteiger partial charge in [0.15, 0.2) is 0 Å². The van der Waals surface area contributed by atoms with Crippen LogP contribution in [0.1, 0.15) is 32.8 Å². The number of hydrogen-bond donors (Lipinski definition) is 2. The minimum Gasteiger partial charge on any atom is -0.355 e. The number of nitrogens with two attached hydrogens (primary N) is 1. The summed E-state index contributed by atoms with van der Waals surface area (Å²) in [5.41, 5.74) is 6.64. The third-order valence-electron chi connectivity index (χ3n) is 3.27. The Labute approximate surface area is 124 Å². The Kier molecular flexibility index (Phi) is 6.01. The van der Waals surface area contributed by atoms with Gasteiger partial charge in [0.25, 0.3) is 0 Å². The predicted octanol–water partition coefficient (Wildman–Crippen LogP) is 2.83. The summed E-state index contributed by atoms with van der Waals surface area (Å²) in [4.78, 5) is 11.8. The Bertz CT molecular complexity index is 432. The van der Waals surface area contributed by atoms with Crippen molar-refractivity contribution in [3.05, 3.63) is 34.3 Å². The molecule has 1 atom stereocenters. The lowest BCUT2D eigenvalue weighted by molar-refractivity contribution is -0.122. The van der Waals surface area contributed by atoms with Crippen LogP contribution in [0.3, 0.4) is 0 Å². The number of benzene rings is 1. The van der Waals surface area contributed by atoms with Crippen molar-refractivity contribution in [3.8, 4) is 0 Å². The second kappa shape index (κ2) is 7.06. The summed E-state index contributed by atoms with van der Waals surface area (Å²) < 4.78 is 1.06. The highest BCUT2D eigenvalue weighted by molar-refractivity contribution is 9.10. The molecule has 1 amide bonds. The summed E-state index contributed by atoms with van der Waals surface area (Å²) in [6.45, 7) is 7.41. The number of hydrogen-bond acceptors (Lipinski definition) is 2. The molecule has 0 fully saturated rings. The van der Waals surface area contributed by atoms with E-state index in [-0.39, 0.29) is 17.2 Å². The van der Waals surface area contributed by atoms with E-state index in [1.165, 1.54) is 5.56 Å². The van der Waals surface area contributed by atoms with Gasteiger partial charge in [0.05, 0.1) is 0 Å². The van der Waals surface area contributed by atoms with Crippen LogP contribution in [-0.2, 0) is 10.2 Å². The maximum atomic E-state index is 11.8. The molecule has 19 heavy (non-hydrogen) atoms. The van der Waals surface area contributed by atoms with E-state index in [1.807, 2.05) is 19.1 Å². The van der Waals surface area contributed by atoms with E-state index in [0.29, 0.717) is 19.5 Å². The molecule has 1 aromatic carbocycles. The van der Waals surface area contributed by atoms with Crippen LogP contribution in [0.2, 0.25) is 0 Å². The molecule has 0 aromatic heterocycles. The fraction of sp³-hybridized carbons (Fsp3) is 0.533. The minimum absolute atomic E-state index is 0.0704. The van der Waals surface area contributed by atoms with Gasteiger partial charge < -0.3 is 11.1 Å². The van der Waals surface area contributed by atoms with Crippen LogP contribution in [0.5, 0.6) is 0 Å². The number of nitrogens with one attached hydrogen (secondary N) is 1. The van der Waals surface area contributed by atoms with Crippen LogP contribution in [0, 0.1) is 5.92 Å². The number of carbonyl (C=O) groups excluding carboxylic acids is 1. The van der Waals surface area contributed by atoms with Gasteiger partial charge in [-0.1, -0.05) is 48.8 Å². The lowest BCUT2D eigenvalue weighted by Crippen LogP contribution is -2.37. The monoisotopic (exact) mass is 326 g/mol. The van der Waals surface area contributed by atoms with Crippen molar-refractivity contribution in [2.24, 2.45) is 11.7 Å². The fourth-order valence-electron chi connectivity index (χ4n) is 1.80. The molecule has 0 bridgehead atoms. The normalized spacial score (nSPS) is 13.1. The summed E-state index contributed by atoms with van der Waals surface area (Å²) in [7, 11) is 0. The molecule has 1 unspecified atom stereocenters. The van der Waals surface area contributed by atoms with Gasteiger partial charge in [0, 0.05) is 22.9 Å². The zero-order valence-electron chi connectivity index (χ0n) is 11.9. The van der Waals surface area contributed by atoms with Gasteiger partial charge in [0.2, 0.25) is 5.91 Å². The number of rotatable bonds is 6. The van der Waals surface area contributed by atoms with E-state index in [9.17, 15) is 4.79 Å². The third kappa shape index (κ3) is 5.33. The maximum Gasteiger partial charge on any atom is 0.220 e. The second-order valence-electron chi connectivity index (χ2n) is 5.72. The smallest absolute Gasteiger partial charge is 0.220 e. The van der Waals surface area contributed by atoms with Gasteiger partial charge >= 0.3 is 0 Å². The molecule has 0 saturated heterocycles. The van der Waals surface area contributed by atoms with Crippen LogP contribution in [-0.4, -0.2) is 19.0 Å². The Morgan fingerprint density at radius 3 is 2.74 bits per heavy atom. The van der Waals surface area contributed by atoms with Gasteiger partial charge in [-0.3, -0.25) is 4.79 Å². The molecule has 0 spiro atoms. The first-order chi connectivity index (χ1) is 8.85. The molecular weight excluding hydrogens is 304 g/mol. The van der Waals surface area contributed by atoms with Crippen molar-refractivity contribution in [2.75, 3.05) is 13.1 Å². The Morgan fingerprint density at radius 2 is 2.16 bits per heavy atom. The molecule has 0 aliphatic heterocycles. The Hall–Kier alpha value is -0.870. The van der Waals surface area contributed by atoms with Crippen LogP contribution < -0.4 is 11.1 Å². The van der Waals surface area contributed by atoms with Gasteiger partial charge in [-0.05, 0) is 30.2 Å². The van der Waals surface area contributed by atoms with E-state index in [2.05, 4.69) is 47.2 Å². The molecule has 0 aliphatic carbocycles. The van der Waals surface area contributed by atoms with Crippen molar-refractivity contribution in [1.82, 2.24) is 5.32 Å². The average molecular weight is 327 g/mol. The molecule has 1 aromatic rings. The number of amides is 1. The topological polar surface area (TPSA) is 55.1 Å². The van der Waals surface area contributed by atoms with Gasteiger partial charge in [0.1, 0.15) is 0 Å². The van der Waals surface area contributed by atoms with Crippen molar-refractivity contribution >= 4 is 21.8 Å². The molecule has 0 saturated carbocycles. The van der Waals surface area contributed by atoms with E-state index >= 15 is 0 Å². The van der Waals surface area contributed by atoms with Gasteiger partial charge in [-0.25, -0.2) is 0 Å². The first-order valence-corrected chi connectivity index (χ1v) is 7.37. The SMILES string of the molecule is CC(CN)CC(=O)NCC(C)(C)c1cccc(Br)c1. The Morgan fingerprint density at radius 1 is 1.47 bits per heavy atom. The highest BCUT2D eigenvalue weighted by Gasteiger charge is 2.21. The van der Waals surface area contributed by atoms with E-state index < -0.39 is 0 Å². The third-order valence-corrected chi connectivity index (χ3v) is 3.76. The summed E-state index contributed by atoms with van der Waals surface area (Å²) >= 11 is 3.48. The quantitative estimate of drug-likeness (QED) is 0.844. The molecule has 3 N–H and O–H groups in total. The van der Waals surface area contributed by atoms with E-state index in [0.717, 1.165) is 4.47 Å². The highest BCUT2D eigenvalue weighted by atomic mass is 79.9. The van der Waals surface area contributed by atoms with Gasteiger partial charge in [-0.2, -0.15) is 0 Å². The zero-order chi connectivity index (χ0) is 14.5. The molecule has 1 rings (SSSR count). The lowest BCUT2D eigenvalue weighted by Gasteiger charge is -2.26. The minimum atomic E-state index is -0.0919. The molecule has 3 nitrogen and oxygen atoms in total. The predicted molar refractivity (Wildman–Crippen MR) is 83.0 cm³/mol. The number of carbonyl (C=O) groups is 1. The molecule has 0 aliphatic rings. The molecular formula is C15H23BrN2O. The van der Waals surface area contributed by atoms with E-state index in [1.54, 1.807) is 0 Å². The summed E-state index contributed by atoms with van der Waals surface area (Å²) in [5.74, 6) is 0.301. The molecule has 0 radical (unpaired) electrons. The van der Waals surface area contributed by atoms with E-state index in [4.69, 9.17) is 5.73 Å². The van der Waals surface area contributed by atoms with Crippen molar-refractivity contribution in [1.29, 1.82) is 0 Å². The lowest BCUT2D eigenvalue weighted by atomic mass is 9.84. The maximum absolute atomic E-state index is 11.8. The average Bonchev–Trinajstić information content (AvgIpc) is 2.36.